The molecule has 2 aromatic heterocycles. The fourth-order valence-corrected chi connectivity index (χ4v) is 6.96. The smallest absolute Gasteiger partial charge is 0.109 e. The molecule has 4 aromatic rings. The number of hydrogen-bond donors (Lipinski definition) is 2. The molecule has 2 unspecified atom stereocenters. The number of fused-ring (bicyclic) bond motifs is 1. The van der Waals surface area contributed by atoms with E-state index in [9.17, 15) is 5.26 Å². The highest BCUT2D eigenvalue weighted by atomic mass is 35.5. The first-order valence-electron chi connectivity index (χ1n) is 16.1. The van der Waals surface area contributed by atoms with E-state index in [0.29, 0.717) is 28.1 Å². The predicted octanol–water partition coefficient (Wildman–Crippen LogP) is 7.22. The Morgan fingerprint density at radius 3 is 2.47 bits per heavy atom. The molecular weight excluding hydrogens is 584 g/mol. The number of ether oxygens (including phenoxy) is 1. The van der Waals surface area contributed by atoms with Gasteiger partial charge in [0.05, 0.1) is 40.1 Å². The van der Waals surface area contributed by atoms with Gasteiger partial charge in [0.25, 0.3) is 0 Å². The summed E-state index contributed by atoms with van der Waals surface area (Å²) >= 11 is 6.87. The molecule has 4 heterocycles. The van der Waals surface area contributed by atoms with E-state index in [1.54, 1.807) is 6.20 Å². The molecule has 2 fully saturated rings. The number of piperidine rings is 1. The van der Waals surface area contributed by atoms with Crippen molar-refractivity contribution < 1.29 is 4.74 Å². The zero-order valence-electron chi connectivity index (χ0n) is 26.6. The maximum absolute atomic E-state index is 10.0. The van der Waals surface area contributed by atoms with Crippen molar-refractivity contribution >= 4 is 33.9 Å². The number of nitrogens with zero attached hydrogens (tertiary/aromatic N) is 6. The van der Waals surface area contributed by atoms with Gasteiger partial charge in [-0.1, -0.05) is 47.1 Å². The van der Waals surface area contributed by atoms with Crippen LogP contribution in [0.15, 0.2) is 54.9 Å². The van der Waals surface area contributed by atoms with E-state index < -0.39 is 0 Å². The number of nitrogens with one attached hydrogen (secondary N) is 2. The van der Waals surface area contributed by atoms with Crippen molar-refractivity contribution in [2.75, 3.05) is 36.9 Å². The van der Waals surface area contributed by atoms with Gasteiger partial charge in [-0.3, -0.25) is 9.88 Å². The highest BCUT2D eigenvalue weighted by Gasteiger charge is 2.29. The van der Waals surface area contributed by atoms with Gasteiger partial charge in [0, 0.05) is 55.2 Å². The average molecular weight is 627 g/mol. The number of benzene rings is 2. The lowest BCUT2D eigenvalue weighted by molar-refractivity contribution is 0.0622. The summed E-state index contributed by atoms with van der Waals surface area (Å²) in [6, 6.07) is 16.8. The summed E-state index contributed by atoms with van der Waals surface area (Å²) in [4.78, 5) is 7.11. The fraction of sp³-hybridized carbons (Fsp3) is 0.486. The number of anilines is 2. The van der Waals surface area contributed by atoms with Crippen LogP contribution in [-0.2, 0) is 4.74 Å². The first-order chi connectivity index (χ1) is 21.7. The largest absolute Gasteiger partial charge is 0.381 e. The molecule has 2 aromatic carbocycles. The summed E-state index contributed by atoms with van der Waals surface area (Å²) in [6.07, 6.45) is 7.75. The van der Waals surface area contributed by atoms with Gasteiger partial charge in [-0.25, -0.2) is 4.68 Å². The van der Waals surface area contributed by atoms with Crippen molar-refractivity contribution in [3.8, 4) is 6.07 Å². The Morgan fingerprint density at radius 2 is 1.78 bits per heavy atom. The Hall–Kier alpha value is -3.71. The number of nitriles is 1. The van der Waals surface area contributed by atoms with Crippen LogP contribution in [0, 0.1) is 17.2 Å². The molecule has 0 amide bonds. The number of rotatable bonds is 8. The third-order valence-corrected chi connectivity index (χ3v) is 9.73. The number of likely N-dealkylation sites (tertiary alicyclic amines) is 1. The molecule has 0 aliphatic carbocycles. The molecule has 0 spiro atoms. The van der Waals surface area contributed by atoms with Crippen LogP contribution in [0.4, 0.5) is 11.4 Å². The van der Waals surface area contributed by atoms with E-state index in [2.05, 4.69) is 82.9 Å². The molecule has 2 N–H and O–H groups in total. The summed E-state index contributed by atoms with van der Waals surface area (Å²) in [5.41, 5.74) is 4.80. The first kappa shape index (κ1) is 31.3. The summed E-state index contributed by atoms with van der Waals surface area (Å²) in [5, 5.41) is 28.0. The van der Waals surface area contributed by atoms with Crippen molar-refractivity contribution in [1.29, 1.82) is 5.26 Å². The van der Waals surface area contributed by atoms with Gasteiger partial charge in [-0.05, 0) is 77.0 Å². The van der Waals surface area contributed by atoms with Crippen LogP contribution in [-0.4, -0.2) is 62.8 Å². The lowest BCUT2D eigenvalue weighted by atomic mass is 9.92. The molecule has 0 saturated carbocycles. The van der Waals surface area contributed by atoms with Crippen LogP contribution in [0.25, 0.3) is 10.9 Å². The van der Waals surface area contributed by atoms with Gasteiger partial charge in [-0.2, -0.15) is 5.26 Å². The molecular formula is C35H43ClN8O. The minimum atomic E-state index is -0.257. The normalized spacial score (nSPS) is 18.4. The molecule has 0 bridgehead atoms. The number of pyridine rings is 1. The SMILES string of the molecule is CC(Nc1c(C#N)cnc2c(Cl)cc(NC(c3ccccc3)c3cn(C4CCN(C(C)(C)C)CC4)nn3)cc12)C1CCOCC1. The molecule has 236 valence electrons. The number of halogens is 1. The van der Waals surface area contributed by atoms with Crippen LogP contribution < -0.4 is 10.6 Å². The molecule has 9 nitrogen and oxygen atoms in total. The van der Waals surface area contributed by atoms with E-state index in [-0.39, 0.29) is 17.6 Å². The molecule has 2 aliphatic rings. The second-order valence-corrected chi connectivity index (χ2v) is 13.8. The van der Waals surface area contributed by atoms with Crippen molar-refractivity contribution in [1.82, 2.24) is 24.9 Å². The lowest BCUT2D eigenvalue weighted by Gasteiger charge is -2.40. The van der Waals surface area contributed by atoms with Crippen LogP contribution in [0.1, 0.15) is 82.3 Å². The van der Waals surface area contributed by atoms with Crippen molar-refractivity contribution in [3.63, 3.8) is 0 Å². The van der Waals surface area contributed by atoms with E-state index in [0.717, 1.165) is 80.0 Å². The zero-order chi connectivity index (χ0) is 31.6. The molecule has 2 atom stereocenters. The lowest BCUT2D eigenvalue weighted by Crippen LogP contribution is -2.46. The van der Waals surface area contributed by atoms with Gasteiger partial charge >= 0.3 is 0 Å². The second kappa shape index (κ2) is 13.3. The highest BCUT2D eigenvalue weighted by Crippen LogP contribution is 2.37. The molecule has 2 aliphatic heterocycles. The van der Waals surface area contributed by atoms with E-state index in [1.165, 1.54) is 0 Å². The number of aromatic nitrogens is 4. The predicted molar refractivity (Wildman–Crippen MR) is 180 cm³/mol. The van der Waals surface area contributed by atoms with E-state index in [4.69, 9.17) is 16.3 Å². The minimum Gasteiger partial charge on any atom is -0.381 e. The van der Waals surface area contributed by atoms with Crippen molar-refractivity contribution in [2.24, 2.45) is 5.92 Å². The monoisotopic (exact) mass is 626 g/mol. The van der Waals surface area contributed by atoms with Crippen LogP contribution in [0.3, 0.4) is 0 Å². The quantitative estimate of drug-likeness (QED) is 0.211. The average Bonchev–Trinajstić information content (AvgIpc) is 3.54. The number of hydrogen-bond acceptors (Lipinski definition) is 8. The van der Waals surface area contributed by atoms with Gasteiger partial charge in [-0.15, -0.1) is 5.10 Å². The van der Waals surface area contributed by atoms with Gasteiger partial charge in [0.15, 0.2) is 0 Å². The maximum Gasteiger partial charge on any atom is 0.109 e. The highest BCUT2D eigenvalue weighted by molar-refractivity contribution is 6.35. The summed E-state index contributed by atoms with van der Waals surface area (Å²) in [7, 11) is 0. The summed E-state index contributed by atoms with van der Waals surface area (Å²) < 4.78 is 7.62. The Labute approximate surface area is 270 Å². The van der Waals surface area contributed by atoms with Crippen molar-refractivity contribution in [2.45, 2.75) is 77.0 Å². The van der Waals surface area contributed by atoms with Crippen LogP contribution in [0.5, 0.6) is 0 Å². The first-order valence-corrected chi connectivity index (χ1v) is 16.4. The Kier molecular flexibility index (Phi) is 9.27. The molecule has 45 heavy (non-hydrogen) atoms. The third kappa shape index (κ3) is 6.94. The standard InChI is InChI=1S/C35H43ClN8O/c1-23(24-12-16-45-17-13-24)39-32-26(20-37)21-38-34-29(32)18-27(19-30(34)36)40-33(25-8-6-5-7-9-25)31-22-44(42-41-31)28-10-14-43(15-11-28)35(2,3)4/h5-9,18-19,21-24,28,33,40H,10-17H2,1-4H3,(H,38,39). The van der Waals surface area contributed by atoms with E-state index in [1.807, 2.05) is 35.0 Å². The zero-order valence-corrected chi connectivity index (χ0v) is 27.4. The Balaban J connectivity index is 1.31. The van der Waals surface area contributed by atoms with Crippen molar-refractivity contribution in [3.05, 3.63) is 76.7 Å². The van der Waals surface area contributed by atoms with Gasteiger partial charge < -0.3 is 15.4 Å². The summed E-state index contributed by atoms with van der Waals surface area (Å²) in [5.74, 6) is 0.455. The molecule has 2 saturated heterocycles. The van der Waals surface area contributed by atoms with Gasteiger partial charge in [0.2, 0.25) is 0 Å². The van der Waals surface area contributed by atoms with E-state index >= 15 is 0 Å². The molecule has 6 rings (SSSR count). The minimum absolute atomic E-state index is 0.157. The molecule has 0 radical (unpaired) electrons. The topological polar surface area (TPSA) is 104 Å². The third-order valence-electron chi connectivity index (χ3n) is 9.45. The van der Waals surface area contributed by atoms with Crippen LogP contribution >= 0.6 is 11.6 Å². The Bertz CT molecular complexity index is 1650. The Morgan fingerprint density at radius 1 is 1.04 bits per heavy atom. The maximum atomic E-state index is 10.0. The molecule has 10 heteroatoms. The summed E-state index contributed by atoms with van der Waals surface area (Å²) in [6.45, 7) is 12.6. The second-order valence-electron chi connectivity index (χ2n) is 13.4. The van der Waals surface area contributed by atoms with Gasteiger partial charge in [0.1, 0.15) is 11.8 Å². The fourth-order valence-electron chi connectivity index (χ4n) is 6.69. The van der Waals surface area contributed by atoms with Crippen LogP contribution in [0.2, 0.25) is 5.02 Å².